The summed E-state index contributed by atoms with van der Waals surface area (Å²) >= 11 is 6.16. The first-order valence-electron chi connectivity index (χ1n) is 8.28. The molecular weight excluding hydrogens is 386 g/mol. The van der Waals surface area contributed by atoms with Crippen LogP contribution in [-0.2, 0) is 15.6 Å². The molecule has 2 aromatic carbocycles. The Hall–Kier alpha value is -2.57. The topological polar surface area (TPSA) is 76.4 Å². The Morgan fingerprint density at radius 3 is 2.44 bits per heavy atom. The number of amides is 1. The van der Waals surface area contributed by atoms with Gasteiger partial charge in [0.1, 0.15) is 0 Å². The summed E-state index contributed by atoms with van der Waals surface area (Å²) < 4.78 is 30.4. The Balaban J connectivity index is 1.79. The van der Waals surface area contributed by atoms with Crippen LogP contribution in [0.1, 0.15) is 34.6 Å². The second-order valence-corrected chi connectivity index (χ2v) is 8.46. The lowest BCUT2D eigenvalue weighted by molar-refractivity contribution is 0.0911. The molecule has 1 atom stereocenters. The predicted molar refractivity (Wildman–Crippen MR) is 103 cm³/mol. The quantitative estimate of drug-likeness (QED) is 0.661. The van der Waals surface area contributed by atoms with E-state index in [9.17, 15) is 13.2 Å². The van der Waals surface area contributed by atoms with Crippen molar-refractivity contribution in [2.24, 2.45) is 0 Å². The van der Waals surface area contributed by atoms with Crippen molar-refractivity contribution in [3.05, 3.63) is 88.8 Å². The zero-order valence-corrected chi connectivity index (χ0v) is 16.1. The molecule has 1 N–H and O–H groups in total. The van der Waals surface area contributed by atoms with Crippen LogP contribution in [0.2, 0.25) is 5.02 Å². The van der Waals surface area contributed by atoms with Crippen molar-refractivity contribution in [1.29, 1.82) is 0 Å². The maximum atomic E-state index is 12.6. The molecule has 0 fully saturated rings. The Labute approximate surface area is 162 Å². The minimum Gasteiger partial charge on any atom is -0.459 e. The van der Waals surface area contributed by atoms with Gasteiger partial charge in [-0.05, 0) is 36.8 Å². The summed E-state index contributed by atoms with van der Waals surface area (Å²) in [6.07, 6.45) is 1.31. The summed E-state index contributed by atoms with van der Waals surface area (Å²) in [7, 11) is -3.59. The number of sulfone groups is 1. The Morgan fingerprint density at radius 1 is 1.07 bits per heavy atom. The first-order chi connectivity index (χ1) is 12.9. The normalized spacial score (nSPS) is 12.5. The second kappa shape index (κ2) is 7.98. The molecule has 7 heteroatoms. The molecule has 0 aliphatic rings. The van der Waals surface area contributed by atoms with Crippen molar-refractivity contribution < 1.29 is 17.6 Å². The summed E-state index contributed by atoms with van der Waals surface area (Å²) in [5.41, 5.74) is 1.07. The predicted octanol–water partition coefficient (Wildman–Crippen LogP) is 4.40. The average molecular weight is 404 g/mol. The van der Waals surface area contributed by atoms with Gasteiger partial charge < -0.3 is 9.73 Å². The zero-order chi connectivity index (χ0) is 19.4. The maximum Gasteiger partial charge on any atom is 0.287 e. The van der Waals surface area contributed by atoms with Crippen molar-refractivity contribution in [2.75, 3.05) is 0 Å². The molecule has 3 rings (SSSR count). The highest BCUT2D eigenvalue weighted by molar-refractivity contribution is 7.90. The summed E-state index contributed by atoms with van der Waals surface area (Å²) in [6.45, 7) is 1.79. The minimum atomic E-state index is -3.59. The zero-order valence-electron chi connectivity index (χ0n) is 14.6. The highest BCUT2D eigenvalue weighted by Gasteiger charge is 2.23. The van der Waals surface area contributed by atoms with Gasteiger partial charge >= 0.3 is 0 Å². The SMILES string of the molecule is CC(NC(=O)c1occc1CS(=O)(=O)c1ccccc1)c1ccccc1Cl. The molecule has 1 aromatic heterocycles. The van der Waals surface area contributed by atoms with Crippen LogP contribution >= 0.6 is 11.6 Å². The molecule has 5 nitrogen and oxygen atoms in total. The van der Waals surface area contributed by atoms with Crippen molar-refractivity contribution >= 4 is 27.3 Å². The van der Waals surface area contributed by atoms with Crippen LogP contribution in [0.3, 0.4) is 0 Å². The molecule has 1 heterocycles. The van der Waals surface area contributed by atoms with Gasteiger partial charge in [-0.25, -0.2) is 8.42 Å². The summed E-state index contributed by atoms with van der Waals surface area (Å²) in [6, 6.07) is 16.4. The fourth-order valence-electron chi connectivity index (χ4n) is 2.73. The van der Waals surface area contributed by atoms with E-state index in [2.05, 4.69) is 5.32 Å². The second-order valence-electron chi connectivity index (χ2n) is 6.06. The number of benzene rings is 2. The molecule has 140 valence electrons. The lowest BCUT2D eigenvalue weighted by Gasteiger charge is -2.15. The van der Waals surface area contributed by atoms with E-state index in [-0.39, 0.29) is 22.5 Å². The fourth-order valence-corrected chi connectivity index (χ4v) is 4.41. The van der Waals surface area contributed by atoms with Gasteiger partial charge in [0.2, 0.25) is 0 Å². The molecule has 0 spiro atoms. The van der Waals surface area contributed by atoms with Crippen LogP contribution in [-0.4, -0.2) is 14.3 Å². The number of rotatable bonds is 6. The van der Waals surface area contributed by atoms with Crippen molar-refractivity contribution in [2.45, 2.75) is 23.6 Å². The summed E-state index contributed by atoms with van der Waals surface area (Å²) in [5.74, 6) is -0.837. The van der Waals surface area contributed by atoms with Crippen LogP contribution in [0.15, 0.2) is 76.2 Å². The van der Waals surface area contributed by atoms with Gasteiger partial charge in [-0.2, -0.15) is 0 Å². The van der Waals surface area contributed by atoms with E-state index in [1.807, 2.05) is 12.1 Å². The van der Waals surface area contributed by atoms with Gasteiger partial charge in [0.05, 0.1) is 23.0 Å². The lowest BCUT2D eigenvalue weighted by atomic mass is 10.1. The van der Waals surface area contributed by atoms with E-state index in [4.69, 9.17) is 16.0 Å². The number of nitrogens with one attached hydrogen (secondary N) is 1. The van der Waals surface area contributed by atoms with Crippen LogP contribution in [0.4, 0.5) is 0 Å². The van der Waals surface area contributed by atoms with E-state index < -0.39 is 15.7 Å². The molecule has 3 aromatic rings. The van der Waals surface area contributed by atoms with Gasteiger partial charge in [0, 0.05) is 10.6 Å². The van der Waals surface area contributed by atoms with Crippen LogP contribution in [0.5, 0.6) is 0 Å². The minimum absolute atomic E-state index is 0.0200. The fraction of sp³-hybridized carbons (Fsp3) is 0.150. The largest absolute Gasteiger partial charge is 0.459 e. The number of hydrogen-bond donors (Lipinski definition) is 1. The maximum absolute atomic E-state index is 12.6. The third-order valence-electron chi connectivity index (χ3n) is 4.12. The third kappa shape index (κ3) is 4.40. The number of hydrogen-bond acceptors (Lipinski definition) is 4. The Kier molecular flexibility index (Phi) is 5.68. The van der Waals surface area contributed by atoms with Gasteiger partial charge in [-0.1, -0.05) is 48.0 Å². The number of carbonyl (C=O) groups is 1. The number of carbonyl (C=O) groups excluding carboxylic acids is 1. The smallest absolute Gasteiger partial charge is 0.287 e. The molecule has 27 heavy (non-hydrogen) atoms. The average Bonchev–Trinajstić information content (AvgIpc) is 3.10. The van der Waals surface area contributed by atoms with E-state index >= 15 is 0 Å². The molecule has 0 radical (unpaired) electrons. The Morgan fingerprint density at radius 2 is 1.74 bits per heavy atom. The standard InChI is InChI=1S/C20H18ClNO4S/c1-14(17-9-5-6-10-18(17)21)22-20(23)19-15(11-12-26-19)13-27(24,25)16-7-3-2-4-8-16/h2-12,14H,13H2,1H3,(H,22,23). The molecule has 0 bridgehead atoms. The van der Waals surface area contributed by atoms with Crippen LogP contribution in [0.25, 0.3) is 0 Å². The van der Waals surface area contributed by atoms with Gasteiger partial charge in [0.15, 0.2) is 15.6 Å². The Bertz CT molecular complexity index is 1040. The first kappa shape index (κ1) is 19.2. The first-order valence-corrected chi connectivity index (χ1v) is 10.3. The highest BCUT2D eigenvalue weighted by atomic mass is 35.5. The number of halogens is 1. The molecular formula is C20H18ClNO4S. The van der Waals surface area contributed by atoms with E-state index in [0.29, 0.717) is 10.6 Å². The third-order valence-corrected chi connectivity index (χ3v) is 6.15. The van der Waals surface area contributed by atoms with Crippen molar-refractivity contribution in [3.63, 3.8) is 0 Å². The molecule has 1 amide bonds. The molecule has 0 saturated carbocycles. The number of furan rings is 1. The lowest BCUT2D eigenvalue weighted by Crippen LogP contribution is -2.27. The highest BCUT2D eigenvalue weighted by Crippen LogP contribution is 2.24. The van der Waals surface area contributed by atoms with Crippen LogP contribution in [0, 0.1) is 0 Å². The van der Waals surface area contributed by atoms with Gasteiger partial charge in [-0.15, -0.1) is 0 Å². The van der Waals surface area contributed by atoms with Crippen LogP contribution < -0.4 is 5.32 Å². The van der Waals surface area contributed by atoms with Crippen molar-refractivity contribution in [3.8, 4) is 0 Å². The van der Waals surface area contributed by atoms with E-state index in [1.54, 1.807) is 37.3 Å². The van der Waals surface area contributed by atoms with E-state index in [1.165, 1.54) is 24.5 Å². The molecule has 0 aliphatic carbocycles. The van der Waals surface area contributed by atoms with Gasteiger partial charge in [0.25, 0.3) is 5.91 Å². The molecule has 0 saturated heterocycles. The summed E-state index contributed by atoms with van der Waals surface area (Å²) in [5, 5.41) is 3.33. The van der Waals surface area contributed by atoms with Gasteiger partial charge in [-0.3, -0.25) is 4.79 Å². The molecule has 0 aliphatic heterocycles. The van der Waals surface area contributed by atoms with Crippen molar-refractivity contribution in [1.82, 2.24) is 5.32 Å². The van der Waals surface area contributed by atoms with E-state index in [0.717, 1.165) is 5.56 Å². The molecule has 1 unspecified atom stereocenters. The summed E-state index contributed by atoms with van der Waals surface area (Å²) in [4.78, 5) is 12.8. The monoisotopic (exact) mass is 403 g/mol.